The van der Waals surface area contributed by atoms with Gasteiger partial charge in [0, 0.05) is 19.8 Å². The number of nitrogens with zero attached hydrogens (tertiary/aromatic N) is 1. The Labute approximate surface area is 86.4 Å². The van der Waals surface area contributed by atoms with Crippen LogP contribution in [0.15, 0.2) is 0 Å². The van der Waals surface area contributed by atoms with Gasteiger partial charge in [0.1, 0.15) is 6.79 Å². The van der Waals surface area contributed by atoms with Crippen molar-refractivity contribution < 1.29 is 9.47 Å². The van der Waals surface area contributed by atoms with Crippen LogP contribution in [0.1, 0.15) is 25.7 Å². The van der Waals surface area contributed by atoms with Gasteiger partial charge < -0.3 is 14.4 Å². The first-order chi connectivity index (χ1) is 6.92. The highest BCUT2D eigenvalue weighted by atomic mass is 16.7. The molecule has 82 valence electrons. The smallest absolute Gasteiger partial charge is 0.146 e. The maximum atomic E-state index is 5.35. The number of fused-ring (bicyclic) bond motifs is 1. The molecule has 2 rings (SSSR count). The van der Waals surface area contributed by atoms with Crippen molar-refractivity contribution in [2.75, 3.05) is 33.6 Å². The Morgan fingerprint density at radius 2 is 2.21 bits per heavy atom. The third-order valence-corrected chi connectivity index (χ3v) is 3.58. The zero-order chi connectivity index (χ0) is 9.80. The van der Waals surface area contributed by atoms with E-state index in [4.69, 9.17) is 9.47 Å². The lowest BCUT2D eigenvalue weighted by molar-refractivity contribution is -0.0351. The average Bonchev–Trinajstić information content (AvgIpc) is 2.75. The fourth-order valence-corrected chi connectivity index (χ4v) is 2.90. The van der Waals surface area contributed by atoms with E-state index in [1.165, 1.54) is 38.8 Å². The molecule has 2 aliphatic heterocycles. The first-order valence-corrected chi connectivity index (χ1v) is 5.72. The molecule has 0 bridgehead atoms. The first kappa shape index (κ1) is 10.4. The Morgan fingerprint density at radius 1 is 1.29 bits per heavy atom. The number of hydrogen-bond acceptors (Lipinski definition) is 3. The molecule has 0 N–H and O–H groups in total. The molecule has 2 saturated heterocycles. The highest BCUT2D eigenvalue weighted by Gasteiger charge is 2.36. The summed E-state index contributed by atoms with van der Waals surface area (Å²) in [6, 6.07) is 0.876. The van der Waals surface area contributed by atoms with Crippen molar-refractivity contribution in [3.05, 3.63) is 0 Å². The summed E-state index contributed by atoms with van der Waals surface area (Å²) in [6.07, 6.45) is 5.40. The van der Waals surface area contributed by atoms with E-state index in [-0.39, 0.29) is 0 Å². The highest BCUT2D eigenvalue weighted by molar-refractivity contribution is 4.90. The lowest BCUT2D eigenvalue weighted by Crippen LogP contribution is -2.26. The molecule has 0 amide bonds. The summed E-state index contributed by atoms with van der Waals surface area (Å²) < 4.78 is 10.2. The van der Waals surface area contributed by atoms with Crippen LogP contribution in [0.25, 0.3) is 0 Å². The van der Waals surface area contributed by atoms with Gasteiger partial charge in [0.15, 0.2) is 0 Å². The van der Waals surface area contributed by atoms with Gasteiger partial charge in [0.05, 0.1) is 0 Å². The molecular formula is C11H21NO2. The van der Waals surface area contributed by atoms with Gasteiger partial charge in [0.25, 0.3) is 0 Å². The van der Waals surface area contributed by atoms with Crippen molar-refractivity contribution in [3.8, 4) is 0 Å². The first-order valence-electron chi connectivity index (χ1n) is 5.72. The Kier molecular flexibility index (Phi) is 3.79. The maximum Gasteiger partial charge on any atom is 0.146 e. The molecule has 3 nitrogen and oxygen atoms in total. The summed E-state index contributed by atoms with van der Waals surface area (Å²) >= 11 is 0. The largest absolute Gasteiger partial charge is 0.359 e. The fraction of sp³-hybridized carbons (Fsp3) is 1.00. The van der Waals surface area contributed by atoms with Gasteiger partial charge in [-0.2, -0.15) is 0 Å². The molecule has 0 radical (unpaired) electrons. The molecule has 2 atom stereocenters. The topological polar surface area (TPSA) is 21.7 Å². The summed E-state index contributed by atoms with van der Waals surface area (Å²) in [5.41, 5.74) is 0. The standard InChI is InChI=1S/C11H21NO2/c1-13-9-14-8-5-10-4-7-12-6-2-3-11(10)12/h10-11H,2-9H2,1H3. The second-order valence-electron chi connectivity index (χ2n) is 4.40. The summed E-state index contributed by atoms with van der Waals surface area (Å²) in [5, 5.41) is 0. The summed E-state index contributed by atoms with van der Waals surface area (Å²) in [7, 11) is 1.67. The monoisotopic (exact) mass is 199 g/mol. The Balaban J connectivity index is 1.66. The molecule has 0 saturated carbocycles. The van der Waals surface area contributed by atoms with Gasteiger partial charge >= 0.3 is 0 Å². The van der Waals surface area contributed by atoms with Crippen LogP contribution in [-0.4, -0.2) is 44.5 Å². The van der Waals surface area contributed by atoms with Crippen LogP contribution in [0.2, 0.25) is 0 Å². The molecule has 0 aromatic rings. The molecule has 0 aromatic heterocycles. The zero-order valence-corrected chi connectivity index (χ0v) is 9.08. The van der Waals surface area contributed by atoms with E-state index in [0.29, 0.717) is 6.79 Å². The molecule has 2 heterocycles. The van der Waals surface area contributed by atoms with E-state index >= 15 is 0 Å². The van der Waals surface area contributed by atoms with E-state index in [1.807, 2.05) is 0 Å². The van der Waals surface area contributed by atoms with E-state index < -0.39 is 0 Å². The van der Waals surface area contributed by atoms with Crippen molar-refractivity contribution in [1.29, 1.82) is 0 Å². The molecule has 2 unspecified atom stereocenters. The van der Waals surface area contributed by atoms with Crippen LogP contribution in [0.4, 0.5) is 0 Å². The van der Waals surface area contributed by atoms with E-state index in [1.54, 1.807) is 7.11 Å². The van der Waals surface area contributed by atoms with Crippen molar-refractivity contribution in [2.24, 2.45) is 5.92 Å². The van der Waals surface area contributed by atoms with Crippen LogP contribution in [0.3, 0.4) is 0 Å². The van der Waals surface area contributed by atoms with E-state index in [9.17, 15) is 0 Å². The molecule has 0 aromatic carbocycles. The van der Waals surface area contributed by atoms with Crippen LogP contribution in [0.5, 0.6) is 0 Å². The predicted octanol–water partition coefficient (Wildman–Crippen LogP) is 1.48. The third-order valence-electron chi connectivity index (χ3n) is 3.58. The Bertz CT molecular complexity index is 175. The van der Waals surface area contributed by atoms with E-state index in [0.717, 1.165) is 18.6 Å². The normalized spacial score (nSPS) is 32.4. The van der Waals surface area contributed by atoms with Crippen molar-refractivity contribution in [1.82, 2.24) is 4.90 Å². The van der Waals surface area contributed by atoms with Crippen molar-refractivity contribution in [3.63, 3.8) is 0 Å². The highest BCUT2D eigenvalue weighted by Crippen LogP contribution is 2.34. The minimum absolute atomic E-state index is 0.446. The molecule has 0 aliphatic carbocycles. The van der Waals surface area contributed by atoms with Crippen LogP contribution < -0.4 is 0 Å². The van der Waals surface area contributed by atoms with Gasteiger partial charge in [0.2, 0.25) is 0 Å². The fourth-order valence-electron chi connectivity index (χ4n) is 2.90. The average molecular weight is 199 g/mol. The Hall–Kier alpha value is -0.120. The number of hydrogen-bond donors (Lipinski definition) is 0. The molecule has 2 fully saturated rings. The quantitative estimate of drug-likeness (QED) is 0.494. The second kappa shape index (κ2) is 5.10. The lowest BCUT2D eigenvalue weighted by atomic mass is 9.95. The van der Waals surface area contributed by atoms with Crippen LogP contribution >= 0.6 is 0 Å². The van der Waals surface area contributed by atoms with Crippen molar-refractivity contribution >= 4 is 0 Å². The summed E-state index contributed by atoms with van der Waals surface area (Å²) in [5.74, 6) is 0.884. The summed E-state index contributed by atoms with van der Waals surface area (Å²) in [6.45, 7) is 3.96. The third kappa shape index (κ3) is 2.27. The van der Waals surface area contributed by atoms with Crippen LogP contribution in [-0.2, 0) is 9.47 Å². The van der Waals surface area contributed by atoms with E-state index in [2.05, 4.69) is 4.90 Å². The number of ether oxygens (including phenoxy) is 2. The molecule has 2 aliphatic rings. The van der Waals surface area contributed by atoms with Crippen LogP contribution in [0, 0.1) is 5.92 Å². The van der Waals surface area contributed by atoms with Gasteiger partial charge in [-0.3, -0.25) is 0 Å². The molecule has 0 spiro atoms. The number of methoxy groups -OCH3 is 1. The minimum Gasteiger partial charge on any atom is -0.359 e. The number of rotatable bonds is 5. The molecule has 14 heavy (non-hydrogen) atoms. The second-order valence-corrected chi connectivity index (χ2v) is 4.40. The maximum absolute atomic E-state index is 5.35. The lowest BCUT2D eigenvalue weighted by Gasteiger charge is -2.19. The molecular weight excluding hydrogens is 178 g/mol. The van der Waals surface area contributed by atoms with Gasteiger partial charge in [-0.15, -0.1) is 0 Å². The van der Waals surface area contributed by atoms with Gasteiger partial charge in [-0.1, -0.05) is 0 Å². The SMILES string of the molecule is COCOCCC1CCN2CCCC12. The van der Waals surface area contributed by atoms with Gasteiger partial charge in [-0.05, 0) is 44.7 Å². The van der Waals surface area contributed by atoms with Gasteiger partial charge in [-0.25, -0.2) is 0 Å². The summed E-state index contributed by atoms with van der Waals surface area (Å²) in [4.78, 5) is 2.65. The zero-order valence-electron chi connectivity index (χ0n) is 9.08. The van der Waals surface area contributed by atoms with Crippen molar-refractivity contribution in [2.45, 2.75) is 31.7 Å². The molecule has 3 heteroatoms. The minimum atomic E-state index is 0.446. The predicted molar refractivity (Wildman–Crippen MR) is 55.1 cm³/mol. The Morgan fingerprint density at radius 3 is 3.07 bits per heavy atom.